The summed E-state index contributed by atoms with van der Waals surface area (Å²) >= 11 is 0. The molecule has 0 aromatic carbocycles. The van der Waals surface area contributed by atoms with Gasteiger partial charge in [0.05, 0.1) is 6.61 Å². The second-order valence-corrected chi connectivity index (χ2v) is 8.87. The minimum atomic E-state index is -0.796. The lowest BCUT2D eigenvalue weighted by Crippen LogP contribution is -2.28. The Morgan fingerprint density at radius 2 is 1.19 bits per heavy atom. The number of unbranched alkanes of at least 4 members (excludes halogenated alkanes) is 9. The van der Waals surface area contributed by atoms with E-state index in [1.54, 1.807) is 0 Å². The first kappa shape index (κ1) is 33.6. The molecule has 0 amide bonds. The summed E-state index contributed by atoms with van der Waals surface area (Å²) in [6.45, 7) is 3.86. The summed E-state index contributed by atoms with van der Waals surface area (Å²) in [6.07, 6.45) is 32.8. The number of aliphatic hydroxyl groups excluding tert-OH is 1. The summed E-state index contributed by atoms with van der Waals surface area (Å²) < 4.78 is 10.4. The van der Waals surface area contributed by atoms with Gasteiger partial charge in [0.1, 0.15) is 6.61 Å². The first-order valence-electron chi connectivity index (χ1n) is 13.9. The molecule has 0 aromatic rings. The minimum absolute atomic E-state index is 0.105. The molecule has 0 aliphatic rings. The van der Waals surface area contributed by atoms with Crippen molar-refractivity contribution in [3.8, 4) is 0 Å². The fourth-order valence-electron chi connectivity index (χ4n) is 3.35. The first-order chi connectivity index (χ1) is 17.6. The highest BCUT2D eigenvalue weighted by Gasteiger charge is 2.15. The van der Waals surface area contributed by atoms with E-state index in [4.69, 9.17) is 9.47 Å². The number of ether oxygens (including phenoxy) is 2. The molecular weight excluding hydrogens is 452 g/mol. The van der Waals surface area contributed by atoms with Crippen molar-refractivity contribution in [2.24, 2.45) is 0 Å². The third kappa shape index (κ3) is 24.7. The molecule has 5 nitrogen and oxygen atoms in total. The lowest BCUT2D eigenvalue weighted by atomic mass is 10.1. The maximum atomic E-state index is 12.0. The van der Waals surface area contributed by atoms with Gasteiger partial charge in [-0.2, -0.15) is 0 Å². The molecule has 0 aromatic heterocycles. The molecule has 5 heteroatoms. The molecular formula is C31H50O5. The second kappa shape index (κ2) is 27.2. The smallest absolute Gasteiger partial charge is 0.306 e. The van der Waals surface area contributed by atoms with Gasteiger partial charge in [0.2, 0.25) is 0 Å². The molecule has 0 rings (SSSR count). The van der Waals surface area contributed by atoms with Crippen LogP contribution in [0.5, 0.6) is 0 Å². The molecule has 36 heavy (non-hydrogen) atoms. The van der Waals surface area contributed by atoms with E-state index in [2.05, 4.69) is 19.9 Å². The summed E-state index contributed by atoms with van der Waals surface area (Å²) in [6, 6.07) is 0. The Bertz CT molecular complexity index is 672. The van der Waals surface area contributed by atoms with E-state index < -0.39 is 6.10 Å². The van der Waals surface area contributed by atoms with Crippen molar-refractivity contribution in [2.45, 2.75) is 110 Å². The molecule has 0 saturated heterocycles. The highest BCUT2D eigenvalue weighted by atomic mass is 16.6. The Hall–Kier alpha value is -2.40. The van der Waals surface area contributed by atoms with E-state index >= 15 is 0 Å². The predicted molar refractivity (Wildman–Crippen MR) is 150 cm³/mol. The van der Waals surface area contributed by atoms with Crippen molar-refractivity contribution < 1.29 is 24.2 Å². The Balaban J connectivity index is 3.81. The highest BCUT2D eigenvalue weighted by molar-refractivity contribution is 5.70. The number of rotatable bonds is 23. The normalized spacial score (nSPS) is 13.1. The number of carbonyl (C=O) groups excluding carboxylic acids is 2. The number of hydrogen-bond acceptors (Lipinski definition) is 5. The van der Waals surface area contributed by atoms with E-state index in [9.17, 15) is 14.7 Å². The van der Waals surface area contributed by atoms with Crippen LogP contribution in [0.15, 0.2) is 60.8 Å². The molecule has 1 atom stereocenters. The topological polar surface area (TPSA) is 72.8 Å². The lowest BCUT2D eigenvalue weighted by Gasteiger charge is -2.15. The number of hydrogen-bond donors (Lipinski definition) is 1. The Morgan fingerprint density at radius 3 is 1.78 bits per heavy atom. The van der Waals surface area contributed by atoms with Crippen LogP contribution in [0.2, 0.25) is 0 Å². The first-order valence-corrected chi connectivity index (χ1v) is 13.9. The quantitative estimate of drug-likeness (QED) is 0.0879. The molecule has 0 aliphatic heterocycles. The molecule has 204 valence electrons. The average Bonchev–Trinajstić information content (AvgIpc) is 2.88. The van der Waals surface area contributed by atoms with Crippen molar-refractivity contribution in [1.29, 1.82) is 0 Å². The monoisotopic (exact) mass is 502 g/mol. The van der Waals surface area contributed by atoms with E-state index in [1.165, 1.54) is 38.5 Å². The van der Waals surface area contributed by atoms with Crippen LogP contribution in [-0.4, -0.2) is 36.4 Å². The standard InChI is InChI=1S/C31H50O5/c1-3-5-7-9-11-13-14-15-16-18-19-21-23-25-30(33)35-28-29(27-32)36-31(34)26-24-22-20-17-12-10-8-6-4-2/h5,7,9,11,13-16,18-19,29,32H,3-4,6,8,10,12,17,20-28H2,1-2H3/b7-5+,11-9+,14-13+,16-15+,19-18+. The minimum Gasteiger partial charge on any atom is -0.462 e. The van der Waals surface area contributed by atoms with Crippen molar-refractivity contribution >= 4 is 11.9 Å². The maximum Gasteiger partial charge on any atom is 0.306 e. The van der Waals surface area contributed by atoms with Gasteiger partial charge in [0.15, 0.2) is 6.10 Å². The van der Waals surface area contributed by atoms with Gasteiger partial charge in [-0.25, -0.2) is 0 Å². The largest absolute Gasteiger partial charge is 0.462 e. The number of aliphatic hydroxyl groups is 1. The van der Waals surface area contributed by atoms with Gasteiger partial charge in [0, 0.05) is 12.8 Å². The maximum absolute atomic E-state index is 12.0. The van der Waals surface area contributed by atoms with E-state index in [0.29, 0.717) is 12.8 Å². The number of carbonyl (C=O) groups is 2. The van der Waals surface area contributed by atoms with Crippen LogP contribution in [0, 0.1) is 0 Å². The van der Waals surface area contributed by atoms with E-state index in [1.807, 2.05) is 54.7 Å². The van der Waals surface area contributed by atoms with Gasteiger partial charge < -0.3 is 14.6 Å². The van der Waals surface area contributed by atoms with Crippen molar-refractivity contribution in [1.82, 2.24) is 0 Å². The Morgan fingerprint density at radius 1 is 0.667 bits per heavy atom. The summed E-state index contributed by atoms with van der Waals surface area (Å²) in [4.78, 5) is 23.9. The predicted octanol–water partition coefficient (Wildman–Crippen LogP) is 7.72. The van der Waals surface area contributed by atoms with Crippen LogP contribution in [0.4, 0.5) is 0 Å². The average molecular weight is 503 g/mol. The van der Waals surface area contributed by atoms with E-state index in [-0.39, 0.29) is 31.6 Å². The Kier molecular flexibility index (Phi) is 25.4. The fraction of sp³-hybridized carbons (Fsp3) is 0.613. The SMILES string of the molecule is CC/C=C/C=C/C=C/C=C/C=C/CCCC(=O)OCC(CO)OC(=O)CCCCCCCCCCC. The van der Waals surface area contributed by atoms with Gasteiger partial charge in [-0.15, -0.1) is 0 Å². The molecule has 0 radical (unpaired) electrons. The lowest BCUT2D eigenvalue weighted by molar-refractivity contribution is -0.161. The van der Waals surface area contributed by atoms with Crippen LogP contribution in [-0.2, 0) is 19.1 Å². The third-order valence-corrected chi connectivity index (χ3v) is 5.45. The molecule has 0 fully saturated rings. The van der Waals surface area contributed by atoms with Crippen molar-refractivity contribution in [2.75, 3.05) is 13.2 Å². The molecule has 0 bridgehead atoms. The molecule has 0 aliphatic carbocycles. The molecule has 0 heterocycles. The highest BCUT2D eigenvalue weighted by Crippen LogP contribution is 2.11. The second-order valence-electron chi connectivity index (χ2n) is 8.87. The number of esters is 2. The van der Waals surface area contributed by atoms with Crippen LogP contribution in [0.3, 0.4) is 0 Å². The van der Waals surface area contributed by atoms with Crippen LogP contribution < -0.4 is 0 Å². The molecule has 0 saturated carbocycles. The summed E-state index contributed by atoms with van der Waals surface area (Å²) in [5.74, 6) is -0.690. The van der Waals surface area contributed by atoms with Crippen LogP contribution in [0.1, 0.15) is 104 Å². The van der Waals surface area contributed by atoms with Crippen LogP contribution >= 0.6 is 0 Å². The van der Waals surface area contributed by atoms with Gasteiger partial charge >= 0.3 is 11.9 Å². The van der Waals surface area contributed by atoms with Gasteiger partial charge in [0.25, 0.3) is 0 Å². The summed E-state index contributed by atoms with van der Waals surface area (Å²) in [5, 5.41) is 9.42. The van der Waals surface area contributed by atoms with Crippen molar-refractivity contribution in [3.63, 3.8) is 0 Å². The van der Waals surface area contributed by atoms with Crippen LogP contribution in [0.25, 0.3) is 0 Å². The number of allylic oxidation sites excluding steroid dienone is 10. The zero-order valence-electron chi connectivity index (χ0n) is 22.7. The molecule has 1 unspecified atom stereocenters. The Labute approximate surface area is 220 Å². The fourth-order valence-corrected chi connectivity index (χ4v) is 3.35. The third-order valence-electron chi connectivity index (χ3n) is 5.45. The van der Waals surface area contributed by atoms with Gasteiger partial charge in [-0.3, -0.25) is 9.59 Å². The summed E-state index contributed by atoms with van der Waals surface area (Å²) in [5.41, 5.74) is 0. The molecule has 1 N–H and O–H groups in total. The molecule has 0 spiro atoms. The zero-order chi connectivity index (χ0) is 26.5. The van der Waals surface area contributed by atoms with E-state index in [0.717, 1.165) is 32.1 Å². The van der Waals surface area contributed by atoms with Gasteiger partial charge in [-0.05, 0) is 25.7 Å². The van der Waals surface area contributed by atoms with Gasteiger partial charge in [-0.1, -0.05) is 126 Å². The zero-order valence-corrected chi connectivity index (χ0v) is 22.7. The summed E-state index contributed by atoms with van der Waals surface area (Å²) in [7, 11) is 0. The van der Waals surface area contributed by atoms with Crippen molar-refractivity contribution in [3.05, 3.63) is 60.8 Å².